The summed E-state index contributed by atoms with van der Waals surface area (Å²) in [5, 5.41) is 0. The Morgan fingerprint density at radius 1 is 1.33 bits per heavy atom. The molecule has 0 bridgehead atoms. The third-order valence-electron chi connectivity index (χ3n) is 2.19. The fourth-order valence-electron chi connectivity index (χ4n) is 1.27. The molecule has 0 nitrogen and oxygen atoms in total. The van der Waals surface area contributed by atoms with Gasteiger partial charge in [0.05, 0.1) is 0 Å². The molecular weight excluding hydrogens is 108 g/mol. The molecule has 1 saturated carbocycles. The molecule has 0 aromatic carbocycles. The normalized spacial score (nSPS) is 18.3. The summed E-state index contributed by atoms with van der Waals surface area (Å²) < 4.78 is 0. The molecule has 1 aliphatic rings. The zero-order valence-corrected chi connectivity index (χ0v) is 5.82. The van der Waals surface area contributed by atoms with Gasteiger partial charge in [-0.3, -0.25) is 0 Å². The Labute approximate surface area is 59.7 Å². The average molecular weight is 128 g/mol. The molecule has 0 aromatic heterocycles. The highest BCUT2D eigenvalue weighted by molar-refractivity contribution is 4.68. The molecule has 0 aromatic rings. The lowest BCUT2D eigenvalue weighted by atomic mass is 9.82. The summed E-state index contributed by atoms with van der Waals surface area (Å²) in [6, 6.07) is 0. The highest BCUT2D eigenvalue weighted by atomic mass is 14.2. The van der Waals surface area contributed by atoms with E-state index in [9.17, 15) is 0 Å². The largest absolute Gasteiger partial charge is 0.0776 e. The highest BCUT2D eigenvalue weighted by Crippen LogP contribution is 2.30. The van der Waals surface area contributed by atoms with Crippen molar-refractivity contribution in [1.29, 1.82) is 0 Å². The van der Waals surface area contributed by atoms with Gasteiger partial charge in [-0.1, -0.05) is 52.9 Å². The van der Waals surface area contributed by atoms with Gasteiger partial charge in [-0.05, 0) is 5.92 Å². The molecule has 0 aliphatic heterocycles. The van der Waals surface area contributed by atoms with Crippen LogP contribution < -0.4 is 0 Å². The summed E-state index contributed by atoms with van der Waals surface area (Å²) in [5.74, 6) is 1.13. The molecule has 0 heterocycles. The van der Waals surface area contributed by atoms with E-state index in [1.54, 1.807) is 0 Å². The first-order valence-electron chi connectivity index (χ1n) is 3.93. The van der Waals surface area contributed by atoms with E-state index in [1.165, 1.54) is 38.5 Å². The van der Waals surface area contributed by atoms with Gasteiger partial charge in [0.1, 0.15) is 0 Å². The van der Waals surface area contributed by atoms with Crippen LogP contribution in [0.5, 0.6) is 0 Å². The first-order chi connectivity index (χ1) is 3.93. The van der Waals surface area contributed by atoms with Gasteiger partial charge >= 0.3 is 0 Å². The summed E-state index contributed by atoms with van der Waals surface area (Å²) in [4.78, 5) is 0. The minimum atomic E-state index is 0. The maximum atomic E-state index is 2.28. The first-order valence-corrected chi connectivity index (χ1v) is 3.93. The van der Waals surface area contributed by atoms with Gasteiger partial charge in [0, 0.05) is 0 Å². The van der Waals surface area contributed by atoms with E-state index in [1.807, 2.05) is 0 Å². The van der Waals surface area contributed by atoms with Crippen molar-refractivity contribution in [2.45, 2.75) is 52.9 Å². The summed E-state index contributed by atoms with van der Waals surface area (Å²) in [6.07, 6.45) is 8.92. The number of rotatable bonds is 3. The minimum Gasteiger partial charge on any atom is -0.0776 e. The molecule has 0 N–H and O–H groups in total. The summed E-state index contributed by atoms with van der Waals surface area (Å²) in [5.41, 5.74) is 0. The number of unbranched alkanes of at least 4 members (excludes halogenated alkanes) is 1. The van der Waals surface area contributed by atoms with Crippen LogP contribution in [0, 0.1) is 5.92 Å². The summed E-state index contributed by atoms with van der Waals surface area (Å²) in [6.45, 7) is 2.28. The molecule has 0 unspecified atom stereocenters. The third kappa shape index (κ3) is 2.88. The molecule has 0 spiro atoms. The quantitative estimate of drug-likeness (QED) is 0.544. The van der Waals surface area contributed by atoms with Crippen LogP contribution in [0.2, 0.25) is 0 Å². The molecule has 1 fully saturated rings. The van der Waals surface area contributed by atoms with Crippen molar-refractivity contribution in [2.75, 3.05) is 0 Å². The van der Waals surface area contributed by atoms with Crippen molar-refractivity contribution in [3.05, 3.63) is 0 Å². The zero-order valence-electron chi connectivity index (χ0n) is 5.82. The van der Waals surface area contributed by atoms with E-state index in [0.29, 0.717) is 0 Å². The highest BCUT2D eigenvalue weighted by Gasteiger charge is 2.15. The predicted octanol–water partition coefficient (Wildman–Crippen LogP) is 3.61. The van der Waals surface area contributed by atoms with Crippen LogP contribution in [0.3, 0.4) is 0 Å². The lowest BCUT2D eigenvalue weighted by molar-refractivity contribution is 0.289. The van der Waals surface area contributed by atoms with Gasteiger partial charge in [0.15, 0.2) is 0 Å². The lowest BCUT2D eigenvalue weighted by Crippen LogP contribution is -2.09. The Morgan fingerprint density at radius 3 is 2.33 bits per heavy atom. The van der Waals surface area contributed by atoms with Crippen LogP contribution >= 0.6 is 0 Å². The average Bonchev–Trinajstić information content (AvgIpc) is 1.63. The van der Waals surface area contributed by atoms with Crippen molar-refractivity contribution < 1.29 is 0 Å². The Kier molecular flexibility index (Phi) is 4.84. The van der Waals surface area contributed by atoms with Crippen molar-refractivity contribution in [2.24, 2.45) is 5.92 Å². The topological polar surface area (TPSA) is 0 Å². The van der Waals surface area contributed by atoms with Crippen molar-refractivity contribution in [3.8, 4) is 0 Å². The smallest absolute Gasteiger partial charge is 0.0414 e. The van der Waals surface area contributed by atoms with Crippen LogP contribution in [0.15, 0.2) is 0 Å². The molecule has 0 amide bonds. The Hall–Kier alpha value is 0. The van der Waals surface area contributed by atoms with Crippen molar-refractivity contribution >= 4 is 0 Å². The molecule has 1 aliphatic carbocycles. The van der Waals surface area contributed by atoms with Crippen molar-refractivity contribution in [1.82, 2.24) is 0 Å². The standard InChI is InChI=1S/C8H16.CH4/c1-2-3-5-8-6-4-7-8;/h8H,2-7H2,1H3;1H4. The molecule has 1 rings (SSSR count). The second kappa shape index (κ2) is 4.84. The zero-order chi connectivity index (χ0) is 5.82. The van der Waals surface area contributed by atoms with E-state index in [2.05, 4.69) is 6.92 Å². The maximum absolute atomic E-state index is 2.28. The second-order valence-corrected chi connectivity index (χ2v) is 2.94. The van der Waals surface area contributed by atoms with E-state index in [-0.39, 0.29) is 7.43 Å². The van der Waals surface area contributed by atoms with E-state index < -0.39 is 0 Å². The molecule has 0 heteroatoms. The SMILES string of the molecule is C.CCCCC1CCC1. The third-order valence-corrected chi connectivity index (χ3v) is 2.19. The Bertz CT molecular complexity index is 53.1. The maximum Gasteiger partial charge on any atom is -0.0414 e. The molecule has 9 heavy (non-hydrogen) atoms. The van der Waals surface area contributed by atoms with E-state index in [0.717, 1.165) is 5.92 Å². The fourth-order valence-corrected chi connectivity index (χ4v) is 1.27. The second-order valence-electron chi connectivity index (χ2n) is 2.94. The van der Waals surface area contributed by atoms with Crippen LogP contribution in [-0.4, -0.2) is 0 Å². The van der Waals surface area contributed by atoms with Gasteiger partial charge in [-0.15, -0.1) is 0 Å². The summed E-state index contributed by atoms with van der Waals surface area (Å²) in [7, 11) is 0. The molecular formula is C9H20. The monoisotopic (exact) mass is 128 g/mol. The van der Waals surface area contributed by atoms with E-state index >= 15 is 0 Å². The molecule has 0 atom stereocenters. The minimum absolute atomic E-state index is 0. The first kappa shape index (κ1) is 9.00. The van der Waals surface area contributed by atoms with Crippen LogP contribution in [0.1, 0.15) is 52.9 Å². The summed E-state index contributed by atoms with van der Waals surface area (Å²) >= 11 is 0. The van der Waals surface area contributed by atoms with E-state index in [4.69, 9.17) is 0 Å². The van der Waals surface area contributed by atoms with Gasteiger partial charge in [-0.2, -0.15) is 0 Å². The van der Waals surface area contributed by atoms with Gasteiger partial charge < -0.3 is 0 Å². The Morgan fingerprint density at radius 2 is 2.00 bits per heavy atom. The molecule has 0 saturated heterocycles. The van der Waals surface area contributed by atoms with Crippen LogP contribution in [0.25, 0.3) is 0 Å². The van der Waals surface area contributed by atoms with Gasteiger partial charge in [-0.25, -0.2) is 0 Å². The fraction of sp³-hybridized carbons (Fsp3) is 1.00. The van der Waals surface area contributed by atoms with Crippen LogP contribution in [-0.2, 0) is 0 Å². The predicted molar refractivity (Wildman–Crippen MR) is 43.6 cm³/mol. The number of hydrogen-bond donors (Lipinski definition) is 0. The van der Waals surface area contributed by atoms with Crippen LogP contribution in [0.4, 0.5) is 0 Å². The Balaban J connectivity index is 0.000000640. The van der Waals surface area contributed by atoms with Crippen molar-refractivity contribution in [3.63, 3.8) is 0 Å². The van der Waals surface area contributed by atoms with Gasteiger partial charge in [0.2, 0.25) is 0 Å². The van der Waals surface area contributed by atoms with Gasteiger partial charge in [0.25, 0.3) is 0 Å². The molecule has 0 radical (unpaired) electrons. The molecule has 56 valence electrons. The lowest BCUT2D eigenvalue weighted by Gasteiger charge is -2.24. The number of hydrogen-bond acceptors (Lipinski definition) is 0.